The second-order valence-electron chi connectivity index (χ2n) is 11.8. The van der Waals surface area contributed by atoms with Crippen molar-refractivity contribution in [2.75, 3.05) is 47.1 Å². The van der Waals surface area contributed by atoms with Crippen molar-refractivity contribution < 1.29 is 23.7 Å². The van der Waals surface area contributed by atoms with Gasteiger partial charge in [-0.3, -0.25) is 4.90 Å². The molecule has 2 aromatic carbocycles. The lowest BCUT2D eigenvalue weighted by Gasteiger charge is -2.31. The van der Waals surface area contributed by atoms with Crippen LogP contribution >= 0.6 is 0 Å². The van der Waals surface area contributed by atoms with Gasteiger partial charge < -0.3 is 23.8 Å². The average Bonchev–Trinajstić information content (AvgIpc) is 3.28. The van der Waals surface area contributed by atoms with Crippen molar-refractivity contribution in [3.05, 3.63) is 59.7 Å². The maximum Gasteiger partial charge on any atom is 0.410 e. The molecule has 1 heterocycles. The van der Waals surface area contributed by atoms with E-state index < -0.39 is 5.60 Å². The summed E-state index contributed by atoms with van der Waals surface area (Å²) < 4.78 is 22.4. The van der Waals surface area contributed by atoms with E-state index in [1.165, 1.54) is 11.1 Å². The van der Waals surface area contributed by atoms with Gasteiger partial charge in [-0.25, -0.2) is 4.79 Å². The maximum absolute atomic E-state index is 13.0. The monoisotopic (exact) mass is 540 g/mol. The van der Waals surface area contributed by atoms with Gasteiger partial charge in [-0.15, -0.1) is 0 Å². The molecule has 1 amide bonds. The van der Waals surface area contributed by atoms with Crippen molar-refractivity contribution in [1.29, 1.82) is 0 Å². The Morgan fingerprint density at radius 3 is 2.33 bits per heavy atom. The molecule has 216 valence electrons. The van der Waals surface area contributed by atoms with E-state index in [1.54, 1.807) is 14.2 Å². The summed E-state index contributed by atoms with van der Waals surface area (Å²) in [4.78, 5) is 17.4. The van der Waals surface area contributed by atoms with Gasteiger partial charge in [-0.1, -0.05) is 36.4 Å². The van der Waals surface area contributed by atoms with Crippen LogP contribution in [0, 0.1) is 11.8 Å². The van der Waals surface area contributed by atoms with E-state index >= 15 is 0 Å². The van der Waals surface area contributed by atoms with Crippen molar-refractivity contribution in [1.82, 2.24) is 9.80 Å². The van der Waals surface area contributed by atoms with E-state index in [-0.39, 0.29) is 6.09 Å². The normalized spacial score (nSPS) is 17.6. The van der Waals surface area contributed by atoms with E-state index in [0.29, 0.717) is 44.2 Å². The lowest BCUT2D eigenvalue weighted by molar-refractivity contribution is 0.0281. The molecular weight excluding hydrogens is 492 g/mol. The van der Waals surface area contributed by atoms with Gasteiger partial charge in [-0.05, 0) is 76.1 Å². The highest BCUT2D eigenvalue weighted by molar-refractivity contribution is 5.68. The number of carbonyl (C=O) groups excluding carboxylic acids is 1. The molecule has 0 spiro atoms. The Balaban J connectivity index is 1.75. The van der Waals surface area contributed by atoms with Gasteiger partial charge in [0.1, 0.15) is 5.60 Å². The third-order valence-corrected chi connectivity index (χ3v) is 7.13. The highest BCUT2D eigenvalue weighted by atomic mass is 16.6. The largest absolute Gasteiger partial charge is 0.493 e. The molecule has 7 heteroatoms. The summed E-state index contributed by atoms with van der Waals surface area (Å²) in [6, 6.07) is 17.1. The Morgan fingerprint density at radius 1 is 0.974 bits per heavy atom. The number of nitrogens with zero attached hydrogens (tertiary/aromatic N) is 2. The molecule has 0 aliphatic carbocycles. The minimum absolute atomic E-state index is 0.218. The Hall–Kier alpha value is -2.77. The molecule has 39 heavy (non-hydrogen) atoms. The number of hydrogen-bond donors (Lipinski definition) is 0. The Bertz CT molecular complexity index is 1020. The topological polar surface area (TPSA) is 60.5 Å². The molecule has 1 aliphatic heterocycles. The van der Waals surface area contributed by atoms with Crippen LogP contribution in [-0.4, -0.2) is 74.6 Å². The number of carbonyl (C=O) groups is 1. The SMILES string of the molecule is COCCCOc1cc(CN(CC2CN(C(=O)OC(C)(C)C)CC2Cc2ccccc2)C(C)C)ccc1OC. The van der Waals surface area contributed by atoms with Crippen LogP contribution < -0.4 is 9.47 Å². The summed E-state index contributed by atoms with van der Waals surface area (Å²) in [6.07, 6.45) is 1.55. The van der Waals surface area contributed by atoms with Crippen molar-refractivity contribution in [2.45, 2.75) is 65.6 Å². The fourth-order valence-corrected chi connectivity index (χ4v) is 5.08. The van der Waals surface area contributed by atoms with Crippen LogP contribution in [0.15, 0.2) is 48.5 Å². The molecule has 0 N–H and O–H groups in total. The van der Waals surface area contributed by atoms with Gasteiger partial charge in [-0.2, -0.15) is 0 Å². The molecule has 1 aliphatic rings. The molecular formula is C32H48N2O5. The minimum Gasteiger partial charge on any atom is -0.493 e. The maximum atomic E-state index is 13.0. The zero-order valence-electron chi connectivity index (χ0n) is 24.9. The van der Waals surface area contributed by atoms with Crippen LogP contribution in [0.3, 0.4) is 0 Å². The van der Waals surface area contributed by atoms with E-state index in [2.05, 4.69) is 55.1 Å². The van der Waals surface area contributed by atoms with Crippen LogP contribution in [0.4, 0.5) is 4.79 Å². The van der Waals surface area contributed by atoms with Crippen LogP contribution in [0.2, 0.25) is 0 Å². The highest BCUT2D eigenvalue weighted by Crippen LogP contribution is 2.32. The molecule has 3 rings (SSSR count). The molecule has 2 atom stereocenters. The van der Waals surface area contributed by atoms with Crippen molar-refractivity contribution in [3.63, 3.8) is 0 Å². The number of ether oxygens (including phenoxy) is 4. The standard InChI is InChI=1S/C32H48N2O5/c1-24(2)33(20-26-14-15-29(37-7)30(19-26)38-17-11-16-36-6)22-28-23-34(31(35)39-32(3,4)5)21-27(28)18-25-12-9-8-10-13-25/h8-10,12-15,19,24,27-28H,11,16-18,20-23H2,1-7H3. The van der Waals surface area contributed by atoms with Crippen LogP contribution in [0.25, 0.3) is 0 Å². The third-order valence-electron chi connectivity index (χ3n) is 7.13. The molecule has 1 fully saturated rings. The Labute approximate surface area is 235 Å². The smallest absolute Gasteiger partial charge is 0.410 e. The van der Waals surface area contributed by atoms with E-state index in [0.717, 1.165) is 37.4 Å². The molecule has 0 bridgehead atoms. The first kappa shape index (κ1) is 30.8. The summed E-state index contributed by atoms with van der Waals surface area (Å²) >= 11 is 0. The van der Waals surface area contributed by atoms with E-state index in [9.17, 15) is 4.79 Å². The molecule has 2 unspecified atom stereocenters. The van der Waals surface area contributed by atoms with Gasteiger partial charge in [0.2, 0.25) is 0 Å². The van der Waals surface area contributed by atoms with Gasteiger partial charge in [0.25, 0.3) is 0 Å². The number of amides is 1. The molecule has 0 aromatic heterocycles. The summed E-state index contributed by atoms with van der Waals surface area (Å²) in [6.45, 7) is 14.6. The number of rotatable bonds is 13. The predicted octanol–water partition coefficient (Wildman–Crippen LogP) is 6.05. The summed E-state index contributed by atoms with van der Waals surface area (Å²) in [7, 11) is 3.37. The fourth-order valence-electron chi connectivity index (χ4n) is 5.08. The van der Waals surface area contributed by atoms with E-state index in [1.807, 2.05) is 37.8 Å². The molecule has 1 saturated heterocycles. The van der Waals surface area contributed by atoms with Gasteiger partial charge in [0.15, 0.2) is 11.5 Å². The number of methoxy groups -OCH3 is 2. The lowest BCUT2D eigenvalue weighted by Crippen LogP contribution is -2.38. The van der Waals surface area contributed by atoms with Gasteiger partial charge >= 0.3 is 6.09 Å². The number of hydrogen-bond acceptors (Lipinski definition) is 6. The van der Waals surface area contributed by atoms with Crippen LogP contribution in [-0.2, 0) is 22.4 Å². The first-order valence-corrected chi connectivity index (χ1v) is 14.1. The fraction of sp³-hybridized carbons (Fsp3) is 0.594. The molecule has 0 saturated carbocycles. The van der Waals surface area contributed by atoms with Gasteiger partial charge in [0.05, 0.1) is 13.7 Å². The van der Waals surface area contributed by atoms with Gasteiger partial charge in [0, 0.05) is 52.4 Å². The Kier molecular flexibility index (Phi) is 11.5. The van der Waals surface area contributed by atoms with Crippen molar-refractivity contribution in [2.24, 2.45) is 11.8 Å². The lowest BCUT2D eigenvalue weighted by atomic mass is 9.89. The first-order valence-electron chi connectivity index (χ1n) is 14.1. The van der Waals surface area contributed by atoms with Crippen molar-refractivity contribution >= 4 is 6.09 Å². The number of benzene rings is 2. The average molecular weight is 541 g/mol. The molecule has 7 nitrogen and oxygen atoms in total. The highest BCUT2D eigenvalue weighted by Gasteiger charge is 2.38. The summed E-state index contributed by atoms with van der Waals surface area (Å²) in [5, 5.41) is 0. The number of likely N-dealkylation sites (tertiary alicyclic amines) is 1. The van der Waals surface area contributed by atoms with Crippen molar-refractivity contribution in [3.8, 4) is 11.5 Å². The quantitative estimate of drug-likeness (QED) is 0.289. The molecule has 2 aromatic rings. The second kappa shape index (κ2) is 14.6. The zero-order valence-corrected chi connectivity index (χ0v) is 24.9. The first-order chi connectivity index (χ1) is 18.6. The van der Waals surface area contributed by atoms with E-state index in [4.69, 9.17) is 18.9 Å². The summed E-state index contributed by atoms with van der Waals surface area (Å²) in [5.74, 6) is 2.19. The minimum atomic E-state index is -0.508. The third kappa shape index (κ3) is 9.73. The predicted molar refractivity (Wildman–Crippen MR) is 155 cm³/mol. The Morgan fingerprint density at radius 2 is 1.69 bits per heavy atom. The van der Waals surface area contributed by atoms with Crippen LogP contribution in [0.5, 0.6) is 11.5 Å². The zero-order chi connectivity index (χ0) is 28.4. The molecule has 0 radical (unpaired) electrons. The second-order valence-corrected chi connectivity index (χ2v) is 11.8. The van der Waals surface area contributed by atoms with Crippen LogP contribution in [0.1, 0.15) is 52.2 Å². The summed E-state index contributed by atoms with van der Waals surface area (Å²) in [5.41, 5.74) is 1.97.